The molecule has 114 valence electrons. The van der Waals surface area contributed by atoms with Crippen LogP contribution in [0.25, 0.3) is 0 Å². The lowest BCUT2D eigenvalue weighted by Crippen LogP contribution is -2.46. The van der Waals surface area contributed by atoms with E-state index < -0.39 is 5.41 Å². The van der Waals surface area contributed by atoms with Gasteiger partial charge in [0.2, 0.25) is 11.8 Å². The van der Waals surface area contributed by atoms with Crippen LogP contribution in [-0.4, -0.2) is 30.9 Å². The zero-order valence-electron chi connectivity index (χ0n) is 12.2. The highest BCUT2D eigenvalue weighted by Gasteiger charge is 2.36. The molecule has 4 N–H and O–H groups in total. The summed E-state index contributed by atoms with van der Waals surface area (Å²) >= 11 is 0. The third-order valence-electron chi connectivity index (χ3n) is 4.51. The van der Waals surface area contributed by atoms with Crippen molar-refractivity contribution in [3.63, 3.8) is 0 Å². The van der Waals surface area contributed by atoms with Gasteiger partial charge in [-0.1, -0.05) is 25.7 Å². The van der Waals surface area contributed by atoms with E-state index in [1.807, 2.05) is 0 Å². The molecular formula is C15H27N3O2. The van der Waals surface area contributed by atoms with E-state index in [2.05, 4.69) is 10.6 Å². The largest absolute Gasteiger partial charge is 0.355 e. The van der Waals surface area contributed by atoms with Crippen LogP contribution in [-0.2, 0) is 9.59 Å². The van der Waals surface area contributed by atoms with Gasteiger partial charge in [-0.15, -0.1) is 0 Å². The lowest BCUT2D eigenvalue weighted by molar-refractivity contribution is -0.131. The van der Waals surface area contributed by atoms with Gasteiger partial charge in [0.05, 0.1) is 5.41 Å². The van der Waals surface area contributed by atoms with Crippen LogP contribution >= 0.6 is 0 Å². The van der Waals surface area contributed by atoms with Crippen LogP contribution in [0.5, 0.6) is 0 Å². The van der Waals surface area contributed by atoms with Crippen molar-refractivity contribution >= 4 is 11.8 Å². The molecule has 0 spiro atoms. The Morgan fingerprint density at radius 1 is 1.10 bits per heavy atom. The van der Waals surface area contributed by atoms with Gasteiger partial charge in [-0.25, -0.2) is 0 Å². The van der Waals surface area contributed by atoms with Gasteiger partial charge in [-0.05, 0) is 25.7 Å². The molecule has 0 aromatic carbocycles. The van der Waals surface area contributed by atoms with E-state index in [-0.39, 0.29) is 11.8 Å². The minimum absolute atomic E-state index is 0.0375. The first-order valence-corrected chi connectivity index (χ1v) is 7.94. The summed E-state index contributed by atoms with van der Waals surface area (Å²) in [4.78, 5) is 24.0. The topological polar surface area (TPSA) is 84.2 Å². The maximum absolute atomic E-state index is 12.4. The molecule has 0 heterocycles. The highest BCUT2D eigenvalue weighted by Crippen LogP contribution is 2.34. The Kier molecular flexibility index (Phi) is 5.40. The second-order valence-corrected chi connectivity index (χ2v) is 6.25. The molecule has 0 bridgehead atoms. The highest BCUT2D eigenvalue weighted by molar-refractivity contribution is 5.84. The fourth-order valence-electron chi connectivity index (χ4n) is 2.93. The first kappa shape index (κ1) is 15.3. The minimum Gasteiger partial charge on any atom is -0.355 e. The quantitative estimate of drug-likeness (QED) is 0.637. The first-order chi connectivity index (χ1) is 9.66. The van der Waals surface area contributed by atoms with Crippen LogP contribution in [0.15, 0.2) is 0 Å². The molecule has 0 radical (unpaired) electrons. The van der Waals surface area contributed by atoms with Gasteiger partial charge >= 0.3 is 0 Å². The van der Waals surface area contributed by atoms with Crippen LogP contribution in [0.3, 0.4) is 0 Å². The molecule has 2 aliphatic rings. The van der Waals surface area contributed by atoms with Crippen molar-refractivity contribution in [3.8, 4) is 0 Å². The number of carbonyl (C=O) groups is 2. The lowest BCUT2D eigenvalue weighted by atomic mass is 9.79. The van der Waals surface area contributed by atoms with Crippen molar-refractivity contribution in [1.29, 1.82) is 0 Å². The average molecular weight is 281 g/mol. The number of hydrogen-bond acceptors (Lipinski definition) is 3. The average Bonchev–Trinajstić information content (AvgIpc) is 3.25. The van der Waals surface area contributed by atoms with Gasteiger partial charge in [0.15, 0.2) is 0 Å². The SMILES string of the molecule is NCC1(C(=O)NCCC(=O)NC2CC2)CCCCCC1. The van der Waals surface area contributed by atoms with Gasteiger partial charge in [0.1, 0.15) is 0 Å². The molecular weight excluding hydrogens is 254 g/mol. The molecule has 0 atom stereocenters. The van der Waals surface area contributed by atoms with Crippen LogP contribution in [0.4, 0.5) is 0 Å². The van der Waals surface area contributed by atoms with Gasteiger partial charge in [-0.2, -0.15) is 0 Å². The lowest BCUT2D eigenvalue weighted by Gasteiger charge is -2.29. The molecule has 5 nitrogen and oxygen atoms in total. The summed E-state index contributed by atoms with van der Waals surface area (Å²) < 4.78 is 0. The summed E-state index contributed by atoms with van der Waals surface area (Å²) in [5.74, 6) is 0.0802. The number of carbonyl (C=O) groups excluding carboxylic acids is 2. The highest BCUT2D eigenvalue weighted by atomic mass is 16.2. The normalized spacial score (nSPS) is 21.9. The second kappa shape index (κ2) is 7.07. The van der Waals surface area contributed by atoms with Gasteiger partial charge in [0.25, 0.3) is 0 Å². The van der Waals surface area contributed by atoms with E-state index in [9.17, 15) is 9.59 Å². The van der Waals surface area contributed by atoms with Crippen molar-refractivity contribution in [2.24, 2.45) is 11.1 Å². The molecule has 0 aromatic heterocycles. The zero-order valence-corrected chi connectivity index (χ0v) is 12.2. The second-order valence-electron chi connectivity index (χ2n) is 6.25. The molecule has 20 heavy (non-hydrogen) atoms. The number of hydrogen-bond donors (Lipinski definition) is 3. The smallest absolute Gasteiger partial charge is 0.227 e. The molecule has 0 saturated heterocycles. The standard InChI is InChI=1S/C15H27N3O2/c16-11-15(8-3-1-2-4-9-15)14(20)17-10-7-13(19)18-12-5-6-12/h12H,1-11,16H2,(H,17,20)(H,18,19). The number of nitrogens with two attached hydrogens (primary N) is 1. The van der Waals surface area contributed by atoms with Crippen molar-refractivity contribution in [2.45, 2.75) is 63.8 Å². The molecule has 2 rings (SSSR count). The number of nitrogens with one attached hydrogen (secondary N) is 2. The Balaban J connectivity index is 1.74. The Hall–Kier alpha value is -1.10. The van der Waals surface area contributed by atoms with Gasteiger partial charge in [-0.3, -0.25) is 9.59 Å². The summed E-state index contributed by atoms with van der Waals surface area (Å²) in [5.41, 5.74) is 5.47. The maximum atomic E-state index is 12.4. The maximum Gasteiger partial charge on any atom is 0.227 e. The van der Waals surface area contributed by atoms with Crippen LogP contribution in [0, 0.1) is 5.41 Å². The van der Waals surface area contributed by atoms with E-state index in [4.69, 9.17) is 5.73 Å². The van der Waals surface area contributed by atoms with E-state index in [0.29, 0.717) is 25.6 Å². The van der Waals surface area contributed by atoms with E-state index in [1.165, 1.54) is 12.8 Å². The fourth-order valence-corrected chi connectivity index (χ4v) is 2.93. The van der Waals surface area contributed by atoms with Crippen LogP contribution < -0.4 is 16.4 Å². The molecule has 0 aromatic rings. The van der Waals surface area contributed by atoms with Gasteiger partial charge < -0.3 is 16.4 Å². The number of rotatable bonds is 6. The summed E-state index contributed by atoms with van der Waals surface area (Å²) in [6, 6.07) is 0.385. The van der Waals surface area contributed by atoms with Crippen LogP contribution in [0.2, 0.25) is 0 Å². The predicted octanol–water partition coefficient (Wildman–Crippen LogP) is 1.07. The molecule has 2 saturated carbocycles. The van der Waals surface area contributed by atoms with Crippen molar-refractivity contribution < 1.29 is 9.59 Å². The minimum atomic E-state index is -0.399. The summed E-state index contributed by atoms with van der Waals surface area (Å²) in [7, 11) is 0. The van der Waals surface area contributed by atoms with Crippen LogP contribution in [0.1, 0.15) is 57.8 Å². The Labute approximate surface area is 121 Å². The first-order valence-electron chi connectivity index (χ1n) is 7.94. The third kappa shape index (κ3) is 4.20. The Morgan fingerprint density at radius 3 is 2.30 bits per heavy atom. The van der Waals surface area contributed by atoms with Gasteiger partial charge in [0, 0.05) is 25.6 Å². The Bertz CT molecular complexity index is 345. The molecule has 2 fully saturated rings. The van der Waals surface area contributed by atoms with E-state index in [1.54, 1.807) is 0 Å². The Morgan fingerprint density at radius 2 is 1.75 bits per heavy atom. The van der Waals surface area contributed by atoms with E-state index >= 15 is 0 Å². The summed E-state index contributed by atoms with van der Waals surface area (Å²) in [5, 5.41) is 5.84. The summed E-state index contributed by atoms with van der Waals surface area (Å²) in [6.45, 7) is 0.826. The molecule has 2 amide bonds. The van der Waals surface area contributed by atoms with Crippen molar-refractivity contribution in [2.75, 3.05) is 13.1 Å². The molecule has 0 aliphatic heterocycles. The third-order valence-corrected chi connectivity index (χ3v) is 4.51. The predicted molar refractivity (Wildman–Crippen MR) is 78.0 cm³/mol. The summed E-state index contributed by atoms with van der Waals surface area (Å²) in [6.07, 6.45) is 8.84. The molecule has 5 heteroatoms. The van der Waals surface area contributed by atoms with Crippen molar-refractivity contribution in [1.82, 2.24) is 10.6 Å². The number of amides is 2. The molecule has 0 unspecified atom stereocenters. The monoisotopic (exact) mass is 281 g/mol. The zero-order chi connectivity index (χ0) is 14.4. The molecule has 2 aliphatic carbocycles. The van der Waals surface area contributed by atoms with E-state index in [0.717, 1.165) is 38.5 Å². The van der Waals surface area contributed by atoms with Crippen molar-refractivity contribution in [3.05, 3.63) is 0 Å². The fraction of sp³-hybridized carbons (Fsp3) is 0.867.